The summed E-state index contributed by atoms with van der Waals surface area (Å²) in [7, 11) is 0. The summed E-state index contributed by atoms with van der Waals surface area (Å²) in [4.78, 5) is 16.0. The van der Waals surface area contributed by atoms with Crippen molar-refractivity contribution < 1.29 is 9.53 Å². The van der Waals surface area contributed by atoms with Gasteiger partial charge in [-0.1, -0.05) is 0 Å². The van der Waals surface area contributed by atoms with Crippen molar-refractivity contribution in [1.29, 1.82) is 0 Å². The summed E-state index contributed by atoms with van der Waals surface area (Å²) in [6.07, 6.45) is 1.04. The van der Waals surface area contributed by atoms with Gasteiger partial charge in [0.15, 0.2) is 0 Å². The summed E-state index contributed by atoms with van der Waals surface area (Å²) in [5, 5.41) is 6.89. The molecule has 0 saturated heterocycles. The molecule has 114 valence electrons. The Hall–Kier alpha value is -1.63. The summed E-state index contributed by atoms with van der Waals surface area (Å²) < 4.78 is 7.00. The number of amides is 1. The van der Waals surface area contributed by atoms with E-state index >= 15 is 0 Å². The van der Waals surface area contributed by atoms with E-state index in [0.29, 0.717) is 19.6 Å². The van der Waals surface area contributed by atoms with E-state index in [-0.39, 0.29) is 0 Å². The fraction of sp³-hybridized carbons (Fsp3) is 0.769. The molecule has 3 N–H and O–H groups in total. The van der Waals surface area contributed by atoms with Crippen molar-refractivity contribution in [2.45, 2.75) is 52.2 Å². The predicted octanol–water partition coefficient (Wildman–Crippen LogP) is 1.04. The molecule has 1 unspecified atom stereocenters. The number of aromatic nitrogens is 3. The highest BCUT2D eigenvalue weighted by Gasteiger charge is 2.31. The van der Waals surface area contributed by atoms with Crippen LogP contribution < -0.4 is 11.1 Å². The SMILES string of the molecule is CCn1ncnc1C(C)(CN)CNC(=O)OC(C)(C)C. The van der Waals surface area contributed by atoms with Crippen molar-refractivity contribution in [3.05, 3.63) is 12.2 Å². The van der Waals surface area contributed by atoms with Crippen LogP contribution in [0.3, 0.4) is 0 Å². The normalized spacial score (nSPS) is 14.7. The standard InChI is InChI=1S/C13H25N5O2/c1-6-18-10(16-9-17-18)13(5,7-14)8-15-11(19)20-12(2,3)4/h9H,6-8,14H2,1-5H3,(H,15,19). The second kappa shape index (κ2) is 6.21. The second-order valence-corrected chi connectivity index (χ2v) is 6.02. The lowest BCUT2D eigenvalue weighted by Crippen LogP contribution is -2.46. The van der Waals surface area contributed by atoms with Crippen molar-refractivity contribution >= 4 is 6.09 Å². The number of hydrogen-bond acceptors (Lipinski definition) is 5. The van der Waals surface area contributed by atoms with Crippen LogP contribution in [-0.2, 0) is 16.7 Å². The first-order valence-corrected chi connectivity index (χ1v) is 6.77. The number of carbonyl (C=O) groups is 1. The first-order chi connectivity index (χ1) is 9.22. The molecule has 0 radical (unpaired) electrons. The zero-order valence-corrected chi connectivity index (χ0v) is 12.9. The smallest absolute Gasteiger partial charge is 0.407 e. The molecule has 1 rings (SSSR count). The van der Waals surface area contributed by atoms with E-state index in [1.165, 1.54) is 6.33 Å². The number of carbonyl (C=O) groups excluding carboxylic acids is 1. The van der Waals surface area contributed by atoms with E-state index in [4.69, 9.17) is 10.5 Å². The Morgan fingerprint density at radius 3 is 2.60 bits per heavy atom. The summed E-state index contributed by atoms with van der Waals surface area (Å²) in [6.45, 7) is 10.8. The molecule has 1 aromatic heterocycles. The van der Waals surface area contributed by atoms with Crippen LogP contribution >= 0.6 is 0 Å². The highest BCUT2D eigenvalue weighted by atomic mass is 16.6. The lowest BCUT2D eigenvalue weighted by atomic mass is 9.89. The minimum atomic E-state index is -0.521. The Morgan fingerprint density at radius 2 is 2.10 bits per heavy atom. The molecule has 1 atom stereocenters. The zero-order valence-electron chi connectivity index (χ0n) is 12.9. The maximum absolute atomic E-state index is 11.7. The molecule has 7 heteroatoms. The van der Waals surface area contributed by atoms with Gasteiger partial charge in [-0.25, -0.2) is 14.5 Å². The molecule has 0 saturated carbocycles. The van der Waals surface area contributed by atoms with Gasteiger partial charge in [0.05, 0.1) is 5.41 Å². The van der Waals surface area contributed by atoms with Crippen molar-refractivity contribution in [2.75, 3.05) is 13.1 Å². The van der Waals surface area contributed by atoms with Crippen molar-refractivity contribution in [1.82, 2.24) is 20.1 Å². The van der Waals surface area contributed by atoms with Gasteiger partial charge in [0.1, 0.15) is 17.8 Å². The van der Waals surface area contributed by atoms with Gasteiger partial charge in [-0.2, -0.15) is 5.10 Å². The summed E-state index contributed by atoms with van der Waals surface area (Å²) in [6, 6.07) is 0. The molecule has 0 spiro atoms. The molecule has 1 aromatic rings. The highest BCUT2D eigenvalue weighted by Crippen LogP contribution is 2.19. The van der Waals surface area contributed by atoms with Crippen LogP contribution in [0.4, 0.5) is 4.79 Å². The van der Waals surface area contributed by atoms with Crippen LogP contribution in [0, 0.1) is 0 Å². The van der Waals surface area contributed by atoms with Gasteiger partial charge in [-0.3, -0.25) is 0 Å². The van der Waals surface area contributed by atoms with Crippen LogP contribution in [-0.4, -0.2) is 39.5 Å². The number of hydrogen-bond donors (Lipinski definition) is 2. The summed E-state index contributed by atoms with van der Waals surface area (Å²) >= 11 is 0. The number of ether oxygens (including phenoxy) is 1. The Morgan fingerprint density at radius 1 is 1.45 bits per heavy atom. The van der Waals surface area contributed by atoms with E-state index in [2.05, 4.69) is 15.4 Å². The first kappa shape index (κ1) is 16.4. The van der Waals surface area contributed by atoms with E-state index < -0.39 is 17.1 Å². The maximum Gasteiger partial charge on any atom is 0.407 e. The van der Waals surface area contributed by atoms with E-state index in [1.54, 1.807) is 4.68 Å². The van der Waals surface area contributed by atoms with Crippen LogP contribution in [0.25, 0.3) is 0 Å². The van der Waals surface area contributed by atoms with E-state index in [1.807, 2.05) is 34.6 Å². The lowest BCUT2D eigenvalue weighted by molar-refractivity contribution is 0.0515. The minimum absolute atomic E-state index is 0.344. The highest BCUT2D eigenvalue weighted by molar-refractivity contribution is 5.67. The maximum atomic E-state index is 11.7. The van der Waals surface area contributed by atoms with Crippen molar-refractivity contribution in [2.24, 2.45) is 5.73 Å². The number of nitrogens with two attached hydrogens (primary N) is 1. The number of nitrogens with one attached hydrogen (secondary N) is 1. The monoisotopic (exact) mass is 283 g/mol. The van der Waals surface area contributed by atoms with Gasteiger partial charge in [-0.15, -0.1) is 0 Å². The quantitative estimate of drug-likeness (QED) is 0.842. The van der Waals surface area contributed by atoms with Crippen molar-refractivity contribution in [3.63, 3.8) is 0 Å². The fourth-order valence-electron chi connectivity index (χ4n) is 1.79. The fourth-order valence-corrected chi connectivity index (χ4v) is 1.79. The van der Waals surface area contributed by atoms with Gasteiger partial charge in [0.2, 0.25) is 0 Å². The van der Waals surface area contributed by atoms with Crippen molar-refractivity contribution in [3.8, 4) is 0 Å². The molecule has 0 aliphatic rings. The number of aryl methyl sites for hydroxylation is 1. The first-order valence-electron chi connectivity index (χ1n) is 6.77. The van der Waals surface area contributed by atoms with Crippen LogP contribution in [0.1, 0.15) is 40.4 Å². The molecule has 0 aliphatic carbocycles. The number of nitrogens with zero attached hydrogens (tertiary/aromatic N) is 3. The van der Waals surface area contributed by atoms with E-state index in [0.717, 1.165) is 5.82 Å². The zero-order chi connectivity index (χ0) is 15.4. The Balaban J connectivity index is 2.74. The van der Waals surface area contributed by atoms with Crippen LogP contribution in [0.5, 0.6) is 0 Å². The molecule has 1 heterocycles. The molecule has 0 aromatic carbocycles. The molecule has 7 nitrogen and oxygen atoms in total. The molecule has 20 heavy (non-hydrogen) atoms. The van der Waals surface area contributed by atoms with Gasteiger partial charge in [0.25, 0.3) is 0 Å². The predicted molar refractivity (Wildman–Crippen MR) is 76.3 cm³/mol. The third-order valence-electron chi connectivity index (χ3n) is 2.93. The molecular formula is C13H25N5O2. The van der Waals surface area contributed by atoms with Crippen LogP contribution in [0.2, 0.25) is 0 Å². The topological polar surface area (TPSA) is 95.1 Å². The third kappa shape index (κ3) is 4.19. The molecule has 0 bridgehead atoms. The Labute approximate surface area is 119 Å². The minimum Gasteiger partial charge on any atom is -0.444 e. The molecular weight excluding hydrogens is 258 g/mol. The molecule has 0 aliphatic heterocycles. The van der Waals surface area contributed by atoms with Gasteiger partial charge >= 0.3 is 6.09 Å². The summed E-state index contributed by atoms with van der Waals surface area (Å²) in [5.74, 6) is 0.763. The largest absolute Gasteiger partial charge is 0.444 e. The lowest BCUT2D eigenvalue weighted by Gasteiger charge is -2.28. The van der Waals surface area contributed by atoms with E-state index in [9.17, 15) is 4.79 Å². The molecule has 0 fully saturated rings. The van der Waals surface area contributed by atoms with Gasteiger partial charge < -0.3 is 15.8 Å². The average molecular weight is 283 g/mol. The van der Waals surface area contributed by atoms with Crippen LogP contribution in [0.15, 0.2) is 6.33 Å². The van der Waals surface area contributed by atoms with Gasteiger partial charge in [0, 0.05) is 19.6 Å². The number of alkyl carbamates (subject to hydrolysis) is 1. The Bertz CT molecular complexity index is 452. The average Bonchev–Trinajstić information content (AvgIpc) is 2.82. The number of rotatable bonds is 5. The van der Waals surface area contributed by atoms with Gasteiger partial charge in [-0.05, 0) is 34.6 Å². The molecule has 1 amide bonds. The second-order valence-electron chi connectivity index (χ2n) is 6.02. The third-order valence-corrected chi connectivity index (χ3v) is 2.93. The summed E-state index contributed by atoms with van der Waals surface area (Å²) in [5.41, 5.74) is 4.86. The Kier molecular flexibility index (Phi) is 5.10.